The van der Waals surface area contributed by atoms with Gasteiger partial charge in [0.1, 0.15) is 0 Å². The molecule has 1 rings (SSSR count). The normalized spacial score (nSPS) is 13.0. The summed E-state index contributed by atoms with van der Waals surface area (Å²) in [5, 5.41) is 0. The first kappa shape index (κ1) is 8.74. The van der Waals surface area contributed by atoms with Crippen LogP contribution < -0.4 is 0 Å². The molecule has 0 radical (unpaired) electrons. The zero-order chi connectivity index (χ0) is 8.27. The molecule has 0 saturated carbocycles. The number of aryl methyl sites for hydroxylation is 1. The molecule has 0 spiro atoms. The first-order valence-electron chi connectivity index (χ1n) is 4.06. The third kappa shape index (κ3) is 2.04. The third-order valence-corrected chi connectivity index (χ3v) is 2.86. The quantitative estimate of drug-likeness (QED) is 0.591. The van der Waals surface area contributed by atoms with Gasteiger partial charge in [0.2, 0.25) is 0 Å². The Morgan fingerprint density at radius 1 is 1.36 bits per heavy atom. The summed E-state index contributed by atoms with van der Waals surface area (Å²) in [6, 6.07) is 8.57. The first-order valence-corrected chi connectivity index (χ1v) is 4.73. The maximum atomic E-state index is 2.88. The Hall–Kier alpha value is -0.350. The molecular formula is C10H15P. The van der Waals surface area contributed by atoms with Crippen molar-refractivity contribution in [2.45, 2.75) is 25.9 Å². The standard InChI is InChI=1S/C10H15P/c1-3-10(11)9-7-5-4-6-8(9)2/h4-7,10H,3,11H2,1-2H3. The molecule has 1 aromatic carbocycles. The minimum atomic E-state index is 0.621. The molecule has 0 saturated heterocycles. The van der Waals surface area contributed by atoms with Crippen molar-refractivity contribution in [1.82, 2.24) is 0 Å². The molecule has 0 aliphatic carbocycles. The van der Waals surface area contributed by atoms with Gasteiger partial charge in [-0.1, -0.05) is 31.2 Å². The van der Waals surface area contributed by atoms with Crippen LogP contribution in [0.15, 0.2) is 24.3 Å². The molecule has 0 fully saturated rings. The molecule has 2 atom stereocenters. The molecule has 0 aromatic heterocycles. The van der Waals surface area contributed by atoms with Crippen molar-refractivity contribution in [3.05, 3.63) is 35.4 Å². The fourth-order valence-corrected chi connectivity index (χ4v) is 1.60. The molecule has 0 heterocycles. The van der Waals surface area contributed by atoms with Gasteiger partial charge < -0.3 is 0 Å². The van der Waals surface area contributed by atoms with E-state index in [1.807, 2.05) is 0 Å². The zero-order valence-electron chi connectivity index (χ0n) is 7.17. The van der Waals surface area contributed by atoms with E-state index in [0.29, 0.717) is 5.66 Å². The summed E-state index contributed by atoms with van der Waals surface area (Å²) in [6.45, 7) is 4.38. The van der Waals surface area contributed by atoms with Crippen LogP contribution in [0.4, 0.5) is 0 Å². The smallest absolute Gasteiger partial charge is 0.00146 e. The molecule has 60 valence electrons. The van der Waals surface area contributed by atoms with E-state index < -0.39 is 0 Å². The second-order valence-electron chi connectivity index (χ2n) is 2.87. The Bertz CT molecular complexity index is 230. The molecule has 0 aliphatic heterocycles. The van der Waals surface area contributed by atoms with E-state index in [1.54, 1.807) is 0 Å². The van der Waals surface area contributed by atoms with E-state index in [9.17, 15) is 0 Å². The van der Waals surface area contributed by atoms with Gasteiger partial charge in [0.05, 0.1) is 0 Å². The Labute approximate surface area is 71.2 Å². The lowest BCUT2D eigenvalue weighted by atomic mass is 10.0. The van der Waals surface area contributed by atoms with E-state index in [1.165, 1.54) is 17.5 Å². The Balaban J connectivity index is 2.93. The van der Waals surface area contributed by atoms with Crippen LogP contribution in [0.25, 0.3) is 0 Å². The SMILES string of the molecule is CCC(P)c1ccccc1C. The van der Waals surface area contributed by atoms with Crippen LogP contribution in [0, 0.1) is 6.92 Å². The van der Waals surface area contributed by atoms with Gasteiger partial charge in [0.25, 0.3) is 0 Å². The molecule has 2 unspecified atom stereocenters. The molecule has 0 aliphatic rings. The van der Waals surface area contributed by atoms with E-state index >= 15 is 0 Å². The predicted molar refractivity (Wildman–Crippen MR) is 53.9 cm³/mol. The Morgan fingerprint density at radius 3 is 2.55 bits per heavy atom. The van der Waals surface area contributed by atoms with Crippen LogP contribution in [-0.4, -0.2) is 0 Å². The van der Waals surface area contributed by atoms with E-state index in [-0.39, 0.29) is 0 Å². The van der Waals surface area contributed by atoms with Crippen molar-refractivity contribution in [2.24, 2.45) is 0 Å². The van der Waals surface area contributed by atoms with Crippen molar-refractivity contribution in [1.29, 1.82) is 0 Å². The second-order valence-corrected chi connectivity index (χ2v) is 3.68. The van der Waals surface area contributed by atoms with E-state index in [2.05, 4.69) is 47.4 Å². The molecule has 0 amide bonds. The van der Waals surface area contributed by atoms with Crippen LogP contribution in [0.2, 0.25) is 0 Å². The molecule has 11 heavy (non-hydrogen) atoms. The summed E-state index contributed by atoms with van der Waals surface area (Å²) < 4.78 is 0. The van der Waals surface area contributed by atoms with Gasteiger partial charge in [0, 0.05) is 0 Å². The average molecular weight is 166 g/mol. The Kier molecular flexibility index (Phi) is 3.08. The largest absolute Gasteiger partial charge is 0.130 e. The van der Waals surface area contributed by atoms with Crippen molar-refractivity contribution in [3.8, 4) is 0 Å². The van der Waals surface area contributed by atoms with E-state index in [0.717, 1.165) is 0 Å². The summed E-state index contributed by atoms with van der Waals surface area (Å²) in [5.41, 5.74) is 3.48. The molecule has 1 heteroatoms. The summed E-state index contributed by atoms with van der Waals surface area (Å²) in [4.78, 5) is 0. The van der Waals surface area contributed by atoms with Crippen molar-refractivity contribution in [3.63, 3.8) is 0 Å². The van der Waals surface area contributed by atoms with Gasteiger partial charge in [-0.15, -0.1) is 9.24 Å². The fourth-order valence-electron chi connectivity index (χ4n) is 1.22. The van der Waals surface area contributed by atoms with E-state index in [4.69, 9.17) is 0 Å². The lowest BCUT2D eigenvalue weighted by Crippen LogP contribution is -1.90. The van der Waals surface area contributed by atoms with Crippen LogP contribution in [-0.2, 0) is 0 Å². The minimum Gasteiger partial charge on any atom is -0.130 e. The number of benzene rings is 1. The number of hydrogen-bond donors (Lipinski definition) is 0. The molecule has 0 N–H and O–H groups in total. The van der Waals surface area contributed by atoms with Crippen LogP contribution in [0.5, 0.6) is 0 Å². The second kappa shape index (κ2) is 3.88. The first-order chi connectivity index (χ1) is 5.25. The van der Waals surface area contributed by atoms with Crippen LogP contribution >= 0.6 is 9.24 Å². The van der Waals surface area contributed by atoms with Crippen molar-refractivity contribution in [2.75, 3.05) is 0 Å². The van der Waals surface area contributed by atoms with Gasteiger partial charge in [-0.2, -0.15) is 0 Å². The van der Waals surface area contributed by atoms with Gasteiger partial charge in [-0.3, -0.25) is 0 Å². The lowest BCUT2D eigenvalue weighted by molar-refractivity contribution is 0.888. The molecule has 0 nitrogen and oxygen atoms in total. The molecule has 1 aromatic rings. The molecule has 0 bridgehead atoms. The number of rotatable bonds is 2. The maximum absolute atomic E-state index is 2.88. The predicted octanol–water partition coefficient (Wildman–Crippen LogP) is 3.32. The van der Waals surface area contributed by atoms with Gasteiger partial charge in [-0.25, -0.2) is 0 Å². The summed E-state index contributed by atoms with van der Waals surface area (Å²) in [6.07, 6.45) is 1.19. The average Bonchev–Trinajstić information content (AvgIpc) is 2.04. The maximum Gasteiger partial charge on any atom is -0.00146 e. The fraction of sp³-hybridized carbons (Fsp3) is 0.400. The van der Waals surface area contributed by atoms with Crippen molar-refractivity contribution < 1.29 is 0 Å². The summed E-state index contributed by atoms with van der Waals surface area (Å²) in [5.74, 6) is 0. The Morgan fingerprint density at radius 2 is 2.00 bits per heavy atom. The van der Waals surface area contributed by atoms with Crippen LogP contribution in [0.3, 0.4) is 0 Å². The van der Waals surface area contributed by atoms with Crippen molar-refractivity contribution >= 4 is 9.24 Å². The highest BCUT2D eigenvalue weighted by molar-refractivity contribution is 7.17. The van der Waals surface area contributed by atoms with Gasteiger partial charge in [0.15, 0.2) is 0 Å². The number of hydrogen-bond acceptors (Lipinski definition) is 0. The lowest BCUT2D eigenvalue weighted by Gasteiger charge is -2.11. The highest BCUT2D eigenvalue weighted by atomic mass is 31.0. The topological polar surface area (TPSA) is 0 Å². The van der Waals surface area contributed by atoms with Gasteiger partial charge in [-0.05, 0) is 30.1 Å². The third-order valence-electron chi connectivity index (χ3n) is 2.03. The monoisotopic (exact) mass is 166 g/mol. The molecular weight excluding hydrogens is 151 g/mol. The van der Waals surface area contributed by atoms with Gasteiger partial charge >= 0.3 is 0 Å². The highest BCUT2D eigenvalue weighted by Gasteiger charge is 2.03. The van der Waals surface area contributed by atoms with Crippen LogP contribution in [0.1, 0.15) is 30.1 Å². The zero-order valence-corrected chi connectivity index (χ0v) is 8.33. The summed E-state index contributed by atoms with van der Waals surface area (Å²) >= 11 is 0. The minimum absolute atomic E-state index is 0.621. The highest BCUT2D eigenvalue weighted by Crippen LogP contribution is 2.28. The summed E-state index contributed by atoms with van der Waals surface area (Å²) in [7, 11) is 2.88.